The van der Waals surface area contributed by atoms with Gasteiger partial charge in [0, 0.05) is 10.4 Å². The van der Waals surface area contributed by atoms with Gasteiger partial charge in [-0.2, -0.15) is 0 Å². The third-order valence-corrected chi connectivity index (χ3v) is 7.04. The Morgan fingerprint density at radius 2 is 2.06 bits per heavy atom. The molecule has 1 saturated carbocycles. The van der Waals surface area contributed by atoms with Gasteiger partial charge in [-0.1, -0.05) is 16.8 Å². The average Bonchev–Trinajstić information content (AvgIpc) is 3.39. The number of aromatic nitrogens is 6. The Morgan fingerprint density at radius 3 is 2.82 bits per heavy atom. The normalized spacial score (nSPS) is 13.8. The standard InChI is InChI=1S/C21H14ClFN6O3S/c1-32-16-4-10(11(22)5-12(16)23)17-6-13-19(33-17)20(30)28(21(31)25-13)15-8-24-7-14-18(15)29(27-26-14)9-2-3-9/h4-9H,2-3H2,1H3,(H,25,31). The van der Waals surface area contributed by atoms with Gasteiger partial charge in [0.2, 0.25) is 0 Å². The lowest BCUT2D eigenvalue weighted by Gasteiger charge is -2.07. The van der Waals surface area contributed by atoms with Crippen molar-refractivity contribution >= 4 is 44.2 Å². The van der Waals surface area contributed by atoms with Gasteiger partial charge in [-0.15, -0.1) is 16.4 Å². The zero-order valence-corrected chi connectivity index (χ0v) is 18.6. The fourth-order valence-corrected chi connectivity index (χ4v) is 5.24. The summed E-state index contributed by atoms with van der Waals surface area (Å²) >= 11 is 7.40. The van der Waals surface area contributed by atoms with E-state index in [9.17, 15) is 14.0 Å². The van der Waals surface area contributed by atoms with Crippen LogP contribution in [0.3, 0.4) is 0 Å². The first-order chi connectivity index (χ1) is 16.0. The van der Waals surface area contributed by atoms with Crippen LogP contribution < -0.4 is 16.0 Å². The first-order valence-corrected chi connectivity index (χ1v) is 11.2. The molecule has 1 aliphatic rings. The number of thiophene rings is 1. The molecular weight excluding hydrogens is 471 g/mol. The molecule has 4 heterocycles. The smallest absolute Gasteiger partial charge is 0.333 e. The van der Waals surface area contributed by atoms with Crippen LogP contribution in [0, 0.1) is 5.82 Å². The third kappa shape index (κ3) is 3.07. The minimum atomic E-state index is -0.613. The summed E-state index contributed by atoms with van der Waals surface area (Å²) in [5.41, 5.74) is 1.13. The number of fused-ring (bicyclic) bond motifs is 2. The molecule has 1 N–H and O–H groups in total. The molecule has 0 bridgehead atoms. The molecule has 0 aliphatic heterocycles. The van der Waals surface area contributed by atoms with Crippen LogP contribution >= 0.6 is 22.9 Å². The summed E-state index contributed by atoms with van der Waals surface area (Å²) in [6.45, 7) is 0. The summed E-state index contributed by atoms with van der Waals surface area (Å²) in [5.74, 6) is -0.569. The molecule has 0 amide bonds. The maximum absolute atomic E-state index is 14.0. The topological polar surface area (TPSA) is 108 Å². The number of hydrogen-bond acceptors (Lipinski definition) is 7. The minimum Gasteiger partial charge on any atom is -0.494 e. The number of halogens is 2. The maximum atomic E-state index is 14.0. The maximum Gasteiger partial charge on any atom is 0.333 e. The van der Waals surface area contributed by atoms with Gasteiger partial charge < -0.3 is 9.72 Å². The van der Waals surface area contributed by atoms with Gasteiger partial charge in [-0.3, -0.25) is 9.78 Å². The highest BCUT2D eigenvalue weighted by Gasteiger charge is 2.29. The van der Waals surface area contributed by atoms with E-state index >= 15 is 0 Å². The molecule has 1 aliphatic carbocycles. The molecule has 0 unspecified atom stereocenters. The predicted octanol–water partition coefficient (Wildman–Crippen LogP) is 3.68. The van der Waals surface area contributed by atoms with E-state index in [0.29, 0.717) is 37.4 Å². The van der Waals surface area contributed by atoms with E-state index in [2.05, 4.69) is 20.3 Å². The highest BCUT2D eigenvalue weighted by atomic mass is 35.5. The molecule has 12 heteroatoms. The highest BCUT2D eigenvalue weighted by Crippen LogP contribution is 2.39. The van der Waals surface area contributed by atoms with Gasteiger partial charge in [0.15, 0.2) is 11.6 Å². The van der Waals surface area contributed by atoms with Crippen molar-refractivity contribution in [3.8, 4) is 21.9 Å². The van der Waals surface area contributed by atoms with E-state index in [1.165, 1.54) is 19.4 Å². The molecule has 0 atom stereocenters. The summed E-state index contributed by atoms with van der Waals surface area (Å²) in [4.78, 5) is 34.0. The van der Waals surface area contributed by atoms with E-state index in [1.54, 1.807) is 16.9 Å². The van der Waals surface area contributed by atoms with Crippen molar-refractivity contribution in [2.24, 2.45) is 0 Å². The van der Waals surface area contributed by atoms with E-state index in [0.717, 1.165) is 34.8 Å². The van der Waals surface area contributed by atoms with Crippen LogP contribution in [0.15, 0.2) is 40.2 Å². The quantitative estimate of drug-likeness (QED) is 0.417. The Morgan fingerprint density at radius 1 is 1.24 bits per heavy atom. The van der Waals surface area contributed by atoms with Gasteiger partial charge in [0.05, 0.1) is 41.8 Å². The van der Waals surface area contributed by atoms with Crippen LogP contribution in [0.5, 0.6) is 5.75 Å². The predicted molar refractivity (Wildman–Crippen MR) is 122 cm³/mol. The van der Waals surface area contributed by atoms with Crippen LogP contribution in [-0.2, 0) is 0 Å². The molecule has 4 aromatic heterocycles. The van der Waals surface area contributed by atoms with Crippen molar-refractivity contribution in [3.05, 3.63) is 62.3 Å². The molecule has 0 saturated heterocycles. The lowest BCUT2D eigenvalue weighted by atomic mass is 10.1. The minimum absolute atomic E-state index is 0.0244. The van der Waals surface area contributed by atoms with Crippen LogP contribution in [0.1, 0.15) is 18.9 Å². The number of H-pyrrole nitrogens is 1. The third-order valence-electron chi connectivity index (χ3n) is 5.57. The summed E-state index contributed by atoms with van der Waals surface area (Å²) < 4.78 is 22.1. The van der Waals surface area contributed by atoms with Gasteiger partial charge in [-0.05, 0) is 31.0 Å². The molecule has 9 nitrogen and oxygen atoms in total. The molecule has 5 aromatic rings. The molecule has 33 heavy (non-hydrogen) atoms. The average molecular weight is 485 g/mol. The first-order valence-electron chi connectivity index (χ1n) is 9.98. The van der Waals surface area contributed by atoms with Gasteiger partial charge >= 0.3 is 5.69 Å². The second kappa shape index (κ2) is 7.22. The van der Waals surface area contributed by atoms with Crippen molar-refractivity contribution in [2.45, 2.75) is 18.9 Å². The van der Waals surface area contributed by atoms with Crippen LogP contribution in [0.25, 0.3) is 37.4 Å². The number of rotatable bonds is 4. The monoisotopic (exact) mass is 484 g/mol. The molecule has 1 fully saturated rings. The van der Waals surface area contributed by atoms with Crippen molar-refractivity contribution < 1.29 is 9.13 Å². The number of benzene rings is 1. The Kier molecular flexibility index (Phi) is 4.39. The Bertz CT molecular complexity index is 1700. The van der Waals surface area contributed by atoms with E-state index in [4.69, 9.17) is 16.3 Å². The van der Waals surface area contributed by atoms with Crippen LogP contribution in [0.4, 0.5) is 4.39 Å². The fraction of sp³-hybridized carbons (Fsp3) is 0.190. The number of hydrogen-bond donors (Lipinski definition) is 1. The van der Waals surface area contributed by atoms with Gasteiger partial charge in [-0.25, -0.2) is 18.4 Å². The fourth-order valence-electron chi connectivity index (χ4n) is 3.85. The Labute approximate surface area is 193 Å². The lowest BCUT2D eigenvalue weighted by molar-refractivity contribution is 0.387. The van der Waals surface area contributed by atoms with Crippen molar-refractivity contribution in [1.82, 2.24) is 29.5 Å². The molecule has 0 radical (unpaired) electrons. The van der Waals surface area contributed by atoms with Crippen LogP contribution in [0.2, 0.25) is 5.02 Å². The Balaban J connectivity index is 1.59. The van der Waals surface area contributed by atoms with Crippen molar-refractivity contribution in [3.63, 3.8) is 0 Å². The van der Waals surface area contributed by atoms with E-state index in [1.807, 2.05) is 0 Å². The second-order valence-electron chi connectivity index (χ2n) is 7.68. The zero-order chi connectivity index (χ0) is 22.9. The number of nitrogens with one attached hydrogen (secondary N) is 1. The highest BCUT2D eigenvalue weighted by molar-refractivity contribution is 7.22. The van der Waals surface area contributed by atoms with E-state index in [-0.39, 0.29) is 16.8 Å². The van der Waals surface area contributed by atoms with Crippen molar-refractivity contribution in [2.75, 3.05) is 7.11 Å². The van der Waals surface area contributed by atoms with E-state index < -0.39 is 17.1 Å². The number of aromatic amines is 1. The SMILES string of the molecule is COc1cc(-c2cc3[nH]c(=O)n(-c4cncc5nnn(C6CC6)c45)c(=O)c3s2)c(Cl)cc1F. The van der Waals surface area contributed by atoms with Crippen LogP contribution in [-0.4, -0.2) is 36.6 Å². The number of ether oxygens (including phenoxy) is 1. The molecule has 0 spiro atoms. The van der Waals surface area contributed by atoms with Gasteiger partial charge in [0.25, 0.3) is 5.56 Å². The largest absolute Gasteiger partial charge is 0.494 e. The number of pyridine rings is 1. The zero-order valence-electron chi connectivity index (χ0n) is 17.0. The summed E-state index contributed by atoms with van der Waals surface area (Å²) in [7, 11) is 1.35. The summed E-state index contributed by atoms with van der Waals surface area (Å²) in [6, 6.07) is 4.45. The first kappa shape index (κ1) is 20.1. The molecule has 166 valence electrons. The Hall–Kier alpha value is -3.57. The number of methoxy groups -OCH3 is 1. The van der Waals surface area contributed by atoms with Gasteiger partial charge in [0.1, 0.15) is 15.7 Å². The second-order valence-corrected chi connectivity index (χ2v) is 9.14. The van der Waals surface area contributed by atoms with Crippen molar-refractivity contribution in [1.29, 1.82) is 0 Å². The molecular formula is C21H14ClFN6O3S. The molecule has 6 rings (SSSR count). The summed E-state index contributed by atoms with van der Waals surface area (Å²) in [5, 5.41) is 8.48. The summed E-state index contributed by atoms with van der Waals surface area (Å²) in [6.07, 6.45) is 4.93. The lowest BCUT2D eigenvalue weighted by Crippen LogP contribution is -2.33. The number of nitrogens with zero attached hydrogens (tertiary/aromatic N) is 5. The molecule has 1 aromatic carbocycles.